The fourth-order valence-corrected chi connectivity index (χ4v) is 4.14. The van der Waals surface area contributed by atoms with E-state index in [1.54, 1.807) is 26.6 Å². The minimum Gasteiger partial charge on any atom is -0.489 e. The van der Waals surface area contributed by atoms with Crippen LogP contribution in [0.1, 0.15) is 31.0 Å². The van der Waals surface area contributed by atoms with E-state index >= 15 is 0 Å². The van der Waals surface area contributed by atoms with Crippen LogP contribution in [-0.2, 0) is 8.85 Å². The van der Waals surface area contributed by atoms with E-state index in [-0.39, 0.29) is 11.8 Å². The van der Waals surface area contributed by atoms with Crippen LogP contribution in [0.5, 0.6) is 0 Å². The molecule has 0 saturated carbocycles. The third kappa shape index (κ3) is 8.17. The Kier molecular flexibility index (Phi) is 8.39. The number of hydrogen-bond acceptors (Lipinski definition) is 7. The molecule has 0 heterocycles. The zero-order valence-electron chi connectivity index (χ0n) is 16.4. The van der Waals surface area contributed by atoms with Crippen LogP contribution in [0.2, 0.25) is 6.55 Å². The maximum atomic E-state index is 9.31. The topological polar surface area (TPSA) is 91.4 Å². The van der Waals surface area contributed by atoms with Crippen molar-refractivity contribution in [2.75, 3.05) is 0 Å². The van der Waals surface area contributed by atoms with Gasteiger partial charge in [0.1, 0.15) is 0 Å². The van der Waals surface area contributed by atoms with Gasteiger partial charge in [0.05, 0.1) is 12.3 Å². The molecule has 2 aromatic rings. The van der Waals surface area contributed by atoms with Crippen LogP contribution in [0.4, 0.5) is 0 Å². The summed E-state index contributed by atoms with van der Waals surface area (Å²) < 4.78 is 11.2. The van der Waals surface area contributed by atoms with Crippen LogP contribution in [-0.4, -0.2) is 25.9 Å². The van der Waals surface area contributed by atoms with Gasteiger partial charge in [-0.25, -0.2) is 0 Å². The van der Waals surface area contributed by atoms with Crippen molar-refractivity contribution >= 4 is 37.0 Å². The van der Waals surface area contributed by atoms with Crippen LogP contribution in [0.25, 0.3) is 0 Å². The van der Waals surface area contributed by atoms with Crippen molar-refractivity contribution in [3.05, 3.63) is 71.8 Å². The smallest absolute Gasteiger partial charge is 0.489 e. The monoisotopic (exact) mass is 427 g/mol. The Balaban J connectivity index is 1.91. The highest BCUT2D eigenvalue weighted by molar-refractivity contribution is 7.13. The molecule has 9 heteroatoms. The summed E-state index contributed by atoms with van der Waals surface area (Å²) in [5.41, 5.74) is 4.49. The van der Waals surface area contributed by atoms with E-state index < -0.39 is 13.9 Å². The van der Waals surface area contributed by atoms with Crippen molar-refractivity contribution in [1.29, 1.82) is 5.26 Å². The molecule has 29 heavy (non-hydrogen) atoms. The van der Waals surface area contributed by atoms with Crippen molar-refractivity contribution in [3.8, 4) is 6.07 Å². The first-order valence-electron chi connectivity index (χ1n) is 8.83. The highest BCUT2D eigenvalue weighted by Crippen LogP contribution is 2.15. The van der Waals surface area contributed by atoms with E-state index in [9.17, 15) is 5.26 Å². The summed E-state index contributed by atoms with van der Waals surface area (Å²) in [5, 5.41) is 21.4. The van der Waals surface area contributed by atoms with Crippen molar-refractivity contribution in [3.63, 3.8) is 0 Å². The highest BCUT2D eigenvalue weighted by Gasteiger charge is 2.35. The lowest BCUT2D eigenvalue weighted by Crippen LogP contribution is -2.36. The van der Waals surface area contributed by atoms with Gasteiger partial charge in [-0.1, -0.05) is 71.7 Å². The number of hydrazone groups is 1. The Morgan fingerprint density at radius 2 is 1.66 bits per heavy atom. The van der Waals surface area contributed by atoms with Crippen LogP contribution < -0.4 is 5.43 Å². The van der Waals surface area contributed by atoms with Crippen LogP contribution in [0, 0.1) is 11.3 Å². The summed E-state index contributed by atoms with van der Waals surface area (Å²) >= 11 is 6.38. The molecular weight excluding hydrogens is 406 g/mol. The predicted octanol–water partition coefficient (Wildman–Crippen LogP) is 4.47. The Hall–Kier alpha value is -3.15. The maximum Gasteiger partial charge on any atom is 0.567 e. The zero-order chi connectivity index (χ0) is 21.1. The summed E-state index contributed by atoms with van der Waals surface area (Å²) in [6.45, 7) is 4.92. The Bertz CT molecular complexity index is 911. The predicted molar refractivity (Wildman–Crippen MR) is 118 cm³/mol. The average Bonchev–Trinajstić information content (AvgIpc) is 2.69. The molecule has 2 unspecified atom stereocenters. The minimum atomic E-state index is -3.11. The third-order valence-electron chi connectivity index (χ3n) is 3.48. The molecule has 0 amide bonds. The first-order chi connectivity index (χ1) is 13.9. The van der Waals surface area contributed by atoms with E-state index in [4.69, 9.17) is 19.9 Å². The molecule has 0 bridgehead atoms. The number of rotatable bonds is 7. The largest absolute Gasteiger partial charge is 0.567 e. The summed E-state index contributed by atoms with van der Waals surface area (Å²) in [5.74, 6) is 0.534. The molecule has 0 aliphatic carbocycles. The second-order valence-electron chi connectivity index (χ2n) is 6.05. The molecule has 0 aromatic heterocycles. The van der Waals surface area contributed by atoms with E-state index in [0.29, 0.717) is 0 Å². The number of benzene rings is 2. The lowest BCUT2D eigenvalue weighted by molar-refractivity contribution is 0.398. The number of nitrogens with zero attached hydrogens (tertiary/aromatic N) is 4. The van der Waals surface area contributed by atoms with Crippen molar-refractivity contribution in [2.24, 2.45) is 15.3 Å². The SMILES string of the molecule is C/C(=N\N=C\c1ccccc1)O[Si](C)(Cl)O/C(C)=N/NC(C#N)c1ccccc1. The molecule has 2 aromatic carbocycles. The van der Waals surface area contributed by atoms with Crippen molar-refractivity contribution in [2.45, 2.75) is 26.4 Å². The fourth-order valence-electron chi connectivity index (χ4n) is 2.29. The van der Waals surface area contributed by atoms with Crippen molar-refractivity contribution < 1.29 is 8.85 Å². The fraction of sp³-hybridized carbons (Fsp3) is 0.200. The molecule has 7 nitrogen and oxygen atoms in total. The van der Waals surface area contributed by atoms with E-state index in [1.807, 2.05) is 60.7 Å². The molecule has 0 spiro atoms. The molecule has 2 rings (SSSR count). The molecule has 2 atom stereocenters. The summed E-state index contributed by atoms with van der Waals surface area (Å²) in [7, 11) is -3.11. The molecule has 1 N–H and O–H groups in total. The van der Waals surface area contributed by atoms with Gasteiger partial charge in [-0.3, -0.25) is 5.43 Å². The van der Waals surface area contributed by atoms with Crippen LogP contribution >= 0.6 is 11.1 Å². The van der Waals surface area contributed by atoms with Gasteiger partial charge in [-0.05, 0) is 11.1 Å². The van der Waals surface area contributed by atoms with E-state index in [1.165, 1.54) is 0 Å². The Morgan fingerprint density at radius 1 is 1.07 bits per heavy atom. The van der Waals surface area contributed by atoms with Gasteiger partial charge < -0.3 is 8.85 Å². The number of hydrogen-bond donors (Lipinski definition) is 1. The van der Waals surface area contributed by atoms with E-state index in [2.05, 4.69) is 26.8 Å². The standard InChI is InChI=1S/C20H22ClN5O2Si/c1-16(24-23-15-18-10-6-4-7-11-18)27-29(3,21)28-17(2)25-26-20(14-22)19-12-8-5-9-13-19/h4-13,15,20,26H,1-3H3/b23-15+,24-16+,25-17+. The van der Waals surface area contributed by atoms with Gasteiger partial charge in [0.15, 0.2) is 17.8 Å². The molecule has 0 aliphatic heterocycles. The molecule has 0 fully saturated rings. The third-order valence-corrected chi connectivity index (χ3v) is 5.26. The molecule has 150 valence electrons. The van der Waals surface area contributed by atoms with Crippen LogP contribution in [0.15, 0.2) is 76.0 Å². The average molecular weight is 428 g/mol. The second kappa shape index (κ2) is 11.0. The molecule has 0 saturated heterocycles. The number of nitriles is 1. The lowest BCUT2D eigenvalue weighted by Gasteiger charge is -2.21. The summed E-state index contributed by atoms with van der Waals surface area (Å²) in [6, 6.07) is 20.4. The highest BCUT2D eigenvalue weighted by atomic mass is 35.6. The first kappa shape index (κ1) is 22.1. The zero-order valence-corrected chi connectivity index (χ0v) is 18.2. The number of nitrogens with one attached hydrogen (secondary N) is 1. The van der Waals surface area contributed by atoms with Crippen LogP contribution in [0.3, 0.4) is 0 Å². The van der Waals surface area contributed by atoms with Gasteiger partial charge in [0.25, 0.3) is 0 Å². The summed E-state index contributed by atoms with van der Waals surface area (Å²) in [6.07, 6.45) is 1.61. The Labute approximate surface area is 176 Å². The van der Waals surface area contributed by atoms with E-state index in [0.717, 1.165) is 11.1 Å². The van der Waals surface area contributed by atoms with Gasteiger partial charge in [0.2, 0.25) is 0 Å². The van der Waals surface area contributed by atoms with Gasteiger partial charge in [-0.2, -0.15) is 10.4 Å². The molecular formula is C20H22ClN5O2Si. The maximum absolute atomic E-state index is 9.31. The second-order valence-corrected chi connectivity index (χ2v) is 10.2. The molecule has 0 radical (unpaired) electrons. The van der Waals surface area contributed by atoms with Gasteiger partial charge >= 0.3 is 7.87 Å². The Morgan fingerprint density at radius 3 is 2.28 bits per heavy atom. The number of halogens is 1. The summed E-state index contributed by atoms with van der Waals surface area (Å²) in [4.78, 5) is 0. The first-order valence-corrected chi connectivity index (χ1v) is 12.2. The van der Waals surface area contributed by atoms with Gasteiger partial charge in [0, 0.05) is 20.4 Å². The quantitative estimate of drug-likeness (QED) is 0.232. The lowest BCUT2D eigenvalue weighted by atomic mass is 10.1. The van der Waals surface area contributed by atoms with Crippen molar-refractivity contribution in [1.82, 2.24) is 5.43 Å². The van der Waals surface area contributed by atoms with Gasteiger partial charge in [-0.15, -0.1) is 10.2 Å². The normalized spacial score (nSPS) is 15.3. The minimum absolute atomic E-state index is 0.255. The molecule has 0 aliphatic rings.